The number of unbranched alkanes of at least 4 members (excludes halogenated alkanes) is 2. The highest BCUT2D eigenvalue weighted by Crippen LogP contribution is 2.28. The van der Waals surface area contributed by atoms with E-state index in [-0.39, 0.29) is 16.8 Å². The Morgan fingerprint density at radius 2 is 1.96 bits per heavy atom. The summed E-state index contributed by atoms with van der Waals surface area (Å²) in [5.41, 5.74) is 2.36. The molecule has 1 heterocycles. The number of thiocarbonyl (C=S) groups is 1. The van der Waals surface area contributed by atoms with Crippen LogP contribution < -0.4 is 10.6 Å². The van der Waals surface area contributed by atoms with Gasteiger partial charge in [-0.2, -0.15) is 0 Å². The molecule has 0 fully saturated rings. The third kappa shape index (κ3) is 5.42. The SMILES string of the molecule is CCCCCC(=O)NC(=S)Nc1ccc(C)c(-c2ccc(C(=O)O)o2)c1. The van der Waals surface area contributed by atoms with E-state index in [9.17, 15) is 9.59 Å². The van der Waals surface area contributed by atoms with Gasteiger partial charge in [-0.15, -0.1) is 0 Å². The van der Waals surface area contributed by atoms with Crippen LogP contribution in [0.4, 0.5) is 5.69 Å². The highest BCUT2D eigenvalue weighted by molar-refractivity contribution is 7.80. The van der Waals surface area contributed by atoms with E-state index in [1.807, 2.05) is 19.1 Å². The molecule has 7 heteroatoms. The molecule has 6 nitrogen and oxygen atoms in total. The van der Waals surface area contributed by atoms with Gasteiger partial charge >= 0.3 is 5.97 Å². The van der Waals surface area contributed by atoms with Gasteiger partial charge in [-0.05, 0) is 55.4 Å². The van der Waals surface area contributed by atoms with Crippen LogP contribution in [0.3, 0.4) is 0 Å². The molecule has 0 aliphatic heterocycles. The fourth-order valence-corrected chi connectivity index (χ4v) is 2.68. The molecule has 0 spiro atoms. The van der Waals surface area contributed by atoms with Gasteiger partial charge in [-0.25, -0.2) is 4.79 Å². The van der Waals surface area contributed by atoms with E-state index in [0.717, 1.165) is 30.4 Å². The van der Waals surface area contributed by atoms with Crippen molar-refractivity contribution in [1.29, 1.82) is 0 Å². The van der Waals surface area contributed by atoms with Gasteiger partial charge in [0.1, 0.15) is 5.76 Å². The van der Waals surface area contributed by atoms with Crippen molar-refractivity contribution < 1.29 is 19.1 Å². The molecule has 0 radical (unpaired) electrons. The minimum absolute atomic E-state index is 0.111. The van der Waals surface area contributed by atoms with E-state index in [1.54, 1.807) is 12.1 Å². The normalized spacial score (nSPS) is 10.4. The molecule has 1 amide bonds. The molecule has 1 aromatic heterocycles. The molecule has 2 aromatic rings. The Morgan fingerprint density at radius 1 is 1.19 bits per heavy atom. The van der Waals surface area contributed by atoms with Crippen LogP contribution in [0.5, 0.6) is 0 Å². The monoisotopic (exact) mass is 374 g/mol. The predicted molar refractivity (Wildman–Crippen MR) is 104 cm³/mol. The second-order valence-corrected chi connectivity index (χ2v) is 6.37. The number of carboxylic acid groups (broad SMARTS) is 1. The first kappa shape index (κ1) is 19.7. The lowest BCUT2D eigenvalue weighted by molar-refractivity contribution is -0.119. The van der Waals surface area contributed by atoms with Gasteiger partial charge in [0.25, 0.3) is 0 Å². The number of anilines is 1. The van der Waals surface area contributed by atoms with Crippen LogP contribution in [-0.2, 0) is 4.79 Å². The zero-order valence-electron chi connectivity index (χ0n) is 14.8. The van der Waals surface area contributed by atoms with Crippen LogP contribution in [-0.4, -0.2) is 22.1 Å². The molecule has 0 aliphatic rings. The number of rotatable bonds is 7. The number of carbonyl (C=O) groups is 2. The quantitative estimate of drug-likeness (QED) is 0.493. The van der Waals surface area contributed by atoms with E-state index in [0.29, 0.717) is 17.9 Å². The molecule has 138 valence electrons. The van der Waals surface area contributed by atoms with Crippen LogP contribution in [0.15, 0.2) is 34.7 Å². The Balaban J connectivity index is 2.05. The van der Waals surface area contributed by atoms with Crippen molar-refractivity contribution in [2.45, 2.75) is 39.5 Å². The molecule has 26 heavy (non-hydrogen) atoms. The van der Waals surface area contributed by atoms with Crippen molar-refractivity contribution in [2.75, 3.05) is 5.32 Å². The highest BCUT2D eigenvalue weighted by atomic mass is 32.1. The third-order valence-corrected chi connectivity index (χ3v) is 4.04. The van der Waals surface area contributed by atoms with E-state index in [4.69, 9.17) is 21.7 Å². The van der Waals surface area contributed by atoms with E-state index in [1.165, 1.54) is 6.07 Å². The molecule has 0 atom stereocenters. The topological polar surface area (TPSA) is 91.6 Å². The Morgan fingerprint density at radius 3 is 2.62 bits per heavy atom. The zero-order chi connectivity index (χ0) is 19.1. The van der Waals surface area contributed by atoms with E-state index in [2.05, 4.69) is 17.6 Å². The summed E-state index contributed by atoms with van der Waals surface area (Å²) in [5, 5.41) is 14.8. The molecule has 0 saturated carbocycles. The first-order chi connectivity index (χ1) is 12.4. The Hall–Kier alpha value is -2.67. The van der Waals surface area contributed by atoms with E-state index >= 15 is 0 Å². The van der Waals surface area contributed by atoms with Crippen LogP contribution in [0.25, 0.3) is 11.3 Å². The summed E-state index contributed by atoms with van der Waals surface area (Å²) >= 11 is 5.18. The summed E-state index contributed by atoms with van der Waals surface area (Å²) in [7, 11) is 0. The molecule has 0 bridgehead atoms. The lowest BCUT2D eigenvalue weighted by Gasteiger charge is -2.11. The van der Waals surface area contributed by atoms with Crippen LogP contribution in [0, 0.1) is 6.92 Å². The highest BCUT2D eigenvalue weighted by Gasteiger charge is 2.13. The largest absolute Gasteiger partial charge is 0.475 e. The predicted octanol–water partition coefficient (Wildman–Crippen LogP) is 4.35. The molecule has 3 N–H and O–H groups in total. The number of hydrogen-bond donors (Lipinski definition) is 3. The molecule has 0 unspecified atom stereocenters. The molecular formula is C19H22N2O4S. The number of aryl methyl sites for hydroxylation is 1. The number of carboxylic acids is 1. The number of carbonyl (C=O) groups excluding carboxylic acids is 1. The average Bonchev–Trinajstić information content (AvgIpc) is 3.07. The van der Waals surface area contributed by atoms with Gasteiger partial charge in [-0.3, -0.25) is 4.79 Å². The van der Waals surface area contributed by atoms with Gasteiger partial charge in [-0.1, -0.05) is 25.8 Å². The Kier molecular flexibility index (Phi) is 6.91. The first-order valence-corrected chi connectivity index (χ1v) is 8.86. The minimum atomic E-state index is -1.12. The molecule has 0 aliphatic carbocycles. The van der Waals surface area contributed by atoms with Gasteiger partial charge in [0.2, 0.25) is 11.7 Å². The fraction of sp³-hybridized carbons (Fsp3) is 0.316. The van der Waals surface area contributed by atoms with Gasteiger partial charge < -0.3 is 20.2 Å². The van der Waals surface area contributed by atoms with Crippen LogP contribution in [0.1, 0.15) is 48.7 Å². The minimum Gasteiger partial charge on any atom is -0.475 e. The van der Waals surface area contributed by atoms with Crippen LogP contribution in [0.2, 0.25) is 0 Å². The van der Waals surface area contributed by atoms with Crippen molar-refractivity contribution in [3.8, 4) is 11.3 Å². The van der Waals surface area contributed by atoms with Gasteiger partial charge in [0.15, 0.2) is 5.11 Å². The fourth-order valence-electron chi connectivity index (χ4n) is 2.45. The third-order valence-electron chi connectivity index (χ3n) is 3.84. The Bertz CT molecular complexity index is 814. The van der Waals surface area contributed by atoms with Crippen molar-refractivity contribution in [3.05, 3.63) is 41.7 Å². The molecule has 1 aromatic carbocycles. The number of nitrogens with one attached hydrogen (secondary N) is 2. The smallest absolute Gasteiger partial charge is 0.371 e. The maximum Gasteiger partial charge on any atom is 0.371 e. The van der Waals surface area contributed by atoms with Gasteiger partial charge in [0, 0.05) is 17.7 Å². The Labute approximate surface area is 157 Å². The van der Waals surface area contributed by atoms with E-state index < -0.39 is 5.97 Å². The number of aromatic carboxylic acids is 1. The lowest BCUT2D eigenvalue weighted by atomic mass is 10.1. The number of benzene rings is 1. The van der Waals surface area contributed by atoms with Gasteiger partial charge in [0.05, 0.1) is 0 Å². The van der Waals surface area contributed by atoms with Crippen molar-refractivity contribution in [1.82, 2.24) is 5.32 Å². The number of hydrogen-bond acceptors (Lipinski definition) is 4. The number of amides is 1. The van der Waals surface area contributed by atoms with Crippen LogP contribution >= 0.6 is 12.2 Å². The molecular weight excluding hydrogens is 352 g/mol. The maximum absolute atomic E-state index is 11.8. The lowest BCUT2D eigenvalue weighted by Crippen LogP contribution is -2.33. The maximum atomic E-state index is 11.8. The summed E-state index contributed by atoms with van der Waals surface area (Å²) in [6, 6.07) is 8.53. The van der Waals surface area contributed by atoms with Crippen molar-refractivity contribution in [2.24, 2.45) is 0 Å². The average molecular weight is 374 g/mol. The summed E-state index contributed by atoms with van der Waals surface area (Å²) < 4.78 is 5.36. The summed E-state index contributed by atoms with van der Waals surface area (Å²) in [6.45, 7) is 3.98. The first-order valence-electron chi connectivity index (χ1n) is 8.45. The summed E-state index contributed by atoms with van der Waals surface area (Å²) in [4.78, 5) is 22.8. The van der Waals surface area contributed by atoms with Crippen molar-refractivity contribution >= 4 is 34.9 Å². The molecule has 2 rings (SSSR count). The standard InChI is InChI=1S/C19H22N2O4S/c1-3-4-5-6-17(22)21-19(26)20-13-8-7-12(2)14(11-13)15-9-10-16(25-15)18(23)24/h7-11H,3-6H2,1-2H3,(H,23,24)(H2,20,21,22,26). The molecule has 0 saturated heterocycles. The zero-order valence-corrected chi connectivity index (χ0v) is 15.6. The second-order valence-electron chi connectivity index (χ2n) is 5.96. The summed E-state index contributed by atoms with van der Waals surface area (Å²) in [6.07, 6.45) is 3.35. The summed E-state index contributed by atoms with van der Waals surface area (Å²) in [5.74, 6) is -0.888. The van der Waals surface area contributed by atoms with Crippen molar-refractivity contribution in [3.63, 3.8) is 0 Å². The number of furan rings is 1. The second kappa shape index (κ2) is 9.15.